The van der Waals surface area contributed by atoms with Gasteiger partial charge in [0.15, 0.2) is 0 Å². The highest BCUT2D eigenvalue weighted by molar-refractivity contribution is 5.73. The molecule has 0 atom stereocenters. The van der Waals surface area contributed by atoms with E-state index >= 15 is 0 Å². The highest BCUT2D eigenvalue weighted by Crippen LogP contribution is 2.28. The Morgan fingerprint density at radius 2 is 1.82 bits per heavy atom. The number of nitrogens with zero attached hydrogens (tertiary/aromatic N) is 2. The van der Waals surface area contributed by atoms with Crippen LogP contribution in [-0.2, 0) is 0 Å². The van der Waals surface area contributed by atoms with E-state index in [-0.39, 0.29) is 0 Å². The van der Waals surface area contributed by atoms with Gasteiger partial charge in [0, 0.05) is 6.20 Å². The molecule has 0 spiro atoms. The third kappa shape index (κ3) is 2.11. The molecule has 84 valence electrons. The van der Waals surface area contributed by atoms with Crippen LogP contribution in [0.4, 0.5) is 5.82 Å². The van der Waals surface area contributed by atoms with Crippen LogP contribution < -0.4 is 5.73 Å². The summed E-state index contributed by atoms with van der Waals surface area (Å²) in [6.45, 7) is 4.00. The van der Waals surface area contributed by atoms with Crippen molar-refractivity contribution >= 4 is 5.82 Å². The normalized spacial score (nSPS) is 9.94. The van der Waals surface area contributed by atoms with Crippen molar-refractivity contribution in [2.45, 2.75) is 13.8 Å². The van der Waals surface area contributed by atoms with Gasteiger partial charge in [0.25, 0.3) is 0 Å². The molecular formula is C14H13N3. The molecule has 3 heteroatoms. The van der Waals surface area contributed by atoms with Crippen molar-refractivity contribution in [3.05, 3.63) is 47.2 Å². The minimum Gasteiger partial charge on any atom is -0.384 e. The number of aromatic nitrogens is 1. The number of hydrogen-bond acceptors (Lipinski definition) is 3. The highest BCUT2D eigenvalue weighted by atomic mass is 14.8. The van der Waals surface area contributed by atoms with E-state index in [4.69, 9.17) is 11.0 Å². The molecule has 2 rings (SSSR count). The summed E-state index contributed by atoms with van der Waals surface area (Å²) in [4.78, 5) is 3.98. The molecule has 0 bridgehead atoms. The number of nitriles is 1. The number of nitrogens with two attached hydrogens (primary N) is 1. The Labute approximate surface area is 101 Å². The maximum atomic E-state index is 8.91. The molecule has 0 aliphatic heterocycles. The molecule has 0 aliphatic rings. The van der Waals surface area contributed by atoms with Gasteiger partial charge in [0.05, 0.1) is 11.6 Å². The van der Waals surface area contributed by atoms with Gasteiger partial charge >= 0.3 is 0 Å². The Morgan fingerprint density at radius 1 is 1.18 bits per heavy atom. The molecule has 17 heavy (non-hydrogen) atoms. The van der Waals surface area contributed by atoms with E-state index in [0.29, 0.717) is 11.4 Å². The molecule has 0 saturated carbocycles. The van der Waals surface area contributed by atoms with Crippen LogP contribution in [0.15, 0.2) is 30.5 Å². The molecule has 3 nitrogen and oxygen atoms in total. The number of aryl methyl sites for hydroxylation is 2. The Kier molecular flexibility index (Phi) is 2.80. The molecule has 0 radical (unpaired) electrons. The van der Waals surface area contributed by atoms with Crippen LogP contribution in [-0.4, -0.2) is 4.98 Å². The van der Waals surface area contributed by atoms with Crippen LogP contribution in [0.2, 0.25) is 0 Å². The third-order valence-electron chi connectivity index (χ3n) is 2.73. The monoisotopic (exact) mass is 223 g/mol. The summed E-state index contributed by atoms with van der Waals surface area (Å²) in [5, 5.41) is 8.91. The van der Waals surface area contributed by atoms with E-state index in [9.17, 15) is 0 Å². The lowest BCUT2D eigenvalue weighted by molar-refractivity contribution is 1.31. The van der Waals surface area contributed by atoms with Gasteiger partial charge in [-0.25, -0.2) is 4.98 Å². The van der Waals surface area contributed by atoms with Gasteiger partial charge in [0.1, 0.15) is 5.82 Å². The summed E-state index contributed by atoms with van der Waals surface area (Å²) in [5.74, 6) is 0.505. The summed E-state index contributed by atoms with van der Waals surface area (Å²) in [5.41, 5.74) is 10.7. The molecule has 1 aromatic heterocycles. The second-order valence-corrected chi connectivity index (χ2v) is 4.07. The summed E-state index contributed by atoms with van der Waals surface area (Å²) >= 11 is 0. The second kappa shape index (κ2) is 4.26. The summed E-state index contributed by atoms with van der Waals surface area (Å²) in [6, 6.07) is 9.71. The lowest BCUT2D eigenvalue weighted by Crippen LogP contribution is -1.93. The molecule has 0 fully saturated rings. The van der Waals surface area contributed by atoms with Crippen LogP contribution in [0.5, 0.6) is 0 Å². The molecule has 2 aromatic rings. The molecule has 1 aromatic carbocycles. The number of benzene rings is 1. The van der Waals surface area contributed by atoms with E-state index < -0.39 is 0 Å². The van der Waals surface area contributed by atoms with Gasteiger partial charge in [-0.05, 0) is 60.4 Å². The average molecular weight is 223 g/mol. The molecule has 0 saturated heterocycles. The maximum absolute atomic E-state index is 8.91. The van der Waals surface area contributed by atoms with Crippen LogP contribution >= 0.6 is 0 Å². The lowest BCUT2D eigenvalue weighted by atomic mass is 9.94. The molecule has 0 unspecified atom stereocenters. The molecule has 0 amide bonds. The minimum absolute atomic E-state index is 0.505. The average Bonchev–Trinajstić information content (AvgIpc) is 2.28. The van der Waals surface area contributed by atoms with Gasteiger partial charge in [-0.2, -0.15) is 5.26 Å². The summed E-state index contributed by atoms with van der Waals surface area (Å²) in [6.07, 6.45) is 1.70. The van der Waals surface area contributed by atoms with Crippen molar-refractivity contribution in [3.8, 4) is 17.2 Å². The van der Waals surface area contributed by atoms with Gasteiger partial charge in [-0.15, -0.1) is 0 Å². The fraction of sp³-hybridized carbons (Fsp3) is 0.143. The van der Waals surface area contributed by atoms with Gasteiger partial charge < -0.3 is 5.73 Å². The Hall–Kier alpha value is -2.34. The third-order valence-corrected chi connectivity index (χ3v) is 2.73. The molecule has 0 aliphatic carbocycles. The largest absolute Gasteiger partial charge is 0.384 e. The number of rotatable bonds is 1. The first kappa shape index (κ1) is 11.2. The maximum Gasteiger partial charge on any atom is 0.123 e. The number of anilines is 1. The van der Waals surface area contributed by atoms with Crippen molar-refractivity contribution in [2.24, 2.45) is 0 Å². The predicted molar refractivity (Wildman–Crippen MR) is 68.3 cm³/mol. The first-order valence-corrected chi connectivity index (χ1v) is 5.35. The van der Waals surface area contributed by atoms with Crippen LogP contribution in [0, 0.1) is 25.2 Å². The number of hydrogen-bond donors (Lipinski definition) is 1. The minimum atomic E-state index is 0.505. The van der Waals surface area contributed by atoms with Crippen LogP contribution in [0.3, 0.4) is 0 Å². The van der Waals surface area contributed by atoms with Crippen molar-refractivity contribution in [1.29, 1.82) is 5.26 Å². The quantitative estimate of drug-likeness (QED) is 0.808. The SMILES string of the molecule is Cc1cc(C#N)cc(C)c1-c1ccnc(N)c1. The molecular weight excluding hydrogens is 210 g/mol. The van der Waals surface area contributed by atoms with Gasteiger partial charge in [-0.1, -0.05) is 0 Å². The Morgan fingerprint density at radius 3 is 2.35 bits per heavy atom. The molecule has 2 N–H and O–H groups in total. The van der Waals surface area contributed by atoms with Crippen molar-refractivity contribution < 1.29 is 0 Å². The lowest BCUT2D eigenvalue weighted by Gasteiger charge is -2.11. The zero-order valence-corrected chi connectivity index (χ0v) is 9.86. The fourth-order valence-electron chi connectivity index (χ4n) is 2.09. The Balaban J connectivity index is 2.65. The second-order valence-electron chi connectivity index (χ2n) is 4.07. The topological polar surface area (TPSA) is 62.7 Å². The Bertz CT molecular complexity index is 586. The summed E-state index contributed by atoms with van der Waals surface area (Å²) < 4.78 is 0. The van der Waals surface area contributed by atoms with Crippen molar-refractivity contribution in [2.75, 3.05) is 5.73 Å². The standard InChI is InChI=1S/C14H13N3/c1-9-5-11(8-15)6-10(2)14(9)12-3-4-17-13(16)7-12/h3-7H,1-2H3,(H2,16,17). The van der Waals surface area contributed by atoms with Crippen LogP contribution in [0.1, 0.15) is 16.7 Å². The predicted octanol–water partition coefficient (Wildman–Crippen LogP) is 2.82. The fourth-order valence-corrected chi connectivity index (χ4v) is 2.09. The zero-order valence-electron chi connectivity index (χ0n) is 9.86. The van der Waals surface area contributed by atoms with E-state index in [2.05, 4.69) is 11.1 Å². The smallest absolute Gasteiger partial charge is 0.123 e. The van der Waals surface area contributed by atoms with Gasteiger partial charge in [-0.3, -0.25) is 0 Å². The van der Waals surface area contributed by atoms with Crippen molar-refractivity contribution in [1.82, 2.24) is 4.98 Å². The summed E-state index contributed by atoms with van der Waals surface area (Å²) in [7, 11) is 0. The first-order chi connectivity index (χ1) is 8.11. The number of pyridine rings is 1. The van der Waals surface area contributed by atoms with E-state index in [1.54, 1.807) is 6.20 Å². The van der Waals surface area contributed by atoms with E-state index in [0.717, 1.165) is 22.3 Å². The number of nitrogen functional groups attached to an aromatic ring is 1. The van der Waals surface area contributed by atoms with Crippen molar-refractivity contribution in [3.63, 3.8) is 0 Å². The molecule has 1 heterocycles. The highest BCUT2D eigenvalue weighted by Gasteiger charge is 2.08. The van der Waals surface area contributed by atoms with Crippen LogP contribution in [0.25, 0.3) is 11.1 Å². The zero-order chi connectivity index (χ0) is 12.4. The van der Waals surface area contributed by atoms with E-state index in [1.165, 1.54) is 0 Å². The first-order valence-electron chi connectivity index (χ1n) is 5.35. The van der Waals surface area contributed by atoms with E-state index in [1.807, 2.05) is 38.1 Å². The van der Waals surface area contributed by atoms with Gasteiger partial charge in [0.2, 0.25) is 0 Å².